The Morgan fingerprint density at radius 2 is 1.23 bits per heavy atom. The summed E-state index contributed by atoms with van der Waals surface area (Å²) in [5, 5.41) is 0. The van der Waals surface area contributed by atoms with Crippen LogP contribution in [0.1, 0.15) is 174 Å². The molecule has 11 heteroatoms. The van der Waals surface area contributed by atoms with E-state index in [1.54, 1.807) is 0 Å². The Labute approximate surface area is 318 Å². The van der Waals surface area contributed by atoms with Crippen molar-refractivity contribution in [1.82, 2.24) is 0 Å². The molecular formula is C41H79NO9P+. The van der Waals surface area contributed by atoms with Gasteiger partial charge in [-0.2, -0.15) is 0 Å². The van der Waals surface area contributed by atoms with Crippen LogP contribution >= 0.6 is 7.82 Å². The largest absolute Gasteiger partial charge is 0.472 e. The van der Waals surface area contributed by atoms with Crippen LogP contribution in [-0.4, -0.2) is 87.1 Å². The van der Waals surface area contributed by atoms with Gasteiger partial charge in [0.15, 0.2) is 6.10 Å². The maximum absolute atomic E-state index is 12.6. The van der Waals surface area contributed by atoms with Gasteiger partial charge >= 0.3 is 19.8 Å². The standard InChI is InChI=1S/C41H78NO9P/c1-6-8-10-11-12-13-14-15-16-21-24-28-32-41(44)50-37(36-49-52(45,46)48-34-33-42(3,4)5)35-47-40(43)31-27-23-20-18-17-19-22-26-30-39-38(51-39)29-25-9-7-2/h22,26,37-39H,6-21,23-25,27-36H2,1-5H3/p+1/b26-22-/t37-,38?,39?/m1/s1. The fourth-order valence-electron chi connectivity index (χ4n) is 6.02. The van der Waals surface area contributed by atoms with Gasteiger partial charge in [-0.05, 0) is 38.5 Å². The average molecular weight is 761 g/mol. The number of carbonyl (C=O) groups excluding carboxylic acids is 2. The zero-order chi connectivity index (χ0) is 38.3. The summed E-state index contributed by atoms with van der Waals surface area (Å²) >= 11 is 0. The second-order valence-corrected chi connectivity index (χ2v) is 17.2. The minimum absolute atomic E-state index is 0.0296. The Kier molecular flexibility index (Phi) is 29.0. The van der Waals surface area contributed by atoms with Crippen LogP contribution in [0.2, 0.25) is 0 Å². The number of likely N-dealkylation sites (N-methyl/N-ethyl adjacent to an activating group) is 1. The maximum atomic E-state index is 12.6. The number of quaternary nitrogens is 1. The Bertz CT molecular complexity index is 970. The molecule has 1 heterocycles. The number of carbonyl (C=O) groups is 2. The summed E-state index contributed by atoms with van der Waals surface area (Å²) in [7, 11) is 1.47. The monoisotopic (exact) mass is 761 g/mol. The van der Waals surface area contributed by atoms with Crippen LogP contribution in [0.5, 0.6) is 0 Å². The van der Waals surface area contributed by atoms with Gasteiger partial charge in [0.2, 0.25) is 0 Å². The Morgan fingerprint density at radius 1 is 0.692 bits per heavy atom. The normalized spacial score (nSPS) is 17.7. The number of ether oxygens (including phenoxy) is 3. The molecule has 306 valence electrons. The third-order valence-electron chi connectivity index (χ3n) is 9.47. The Morgan fingerprint density at radius 3 is 1.83 bits per heavy atom. The summed E-state index contributed by atoms with van der Waals surface area (Å²) < 4.78 is 40.0. The molecule has 52 heavy (non-hydrogen) atoms. The third-order valence-corrected chi connectivity index (χ3v) is 10.5. The SMILES string of the molecule is CCCCCCCCCCCCCCC(=O)O[C@H](COC(=O)CCCCCCC/C=C\CC1OC1CCCCC)COP(=O)(O)OCC[N+](C)(C)C. The van der Waals surface area contributed by atoms with Gasteiger partial charge in [0, 0.05) is 12.8 Å². The second-order valence-electron chi connectivity index (χ2n) is 15.8. The van der Waals surface area contributed by atoms with Gasteiger partial charge in [0.1, 0.15) is 19.8 Å². The molecule has 3 unspecified atom stereocenters. The summed E-state index contributed by atoms with van der Waals surface area (Å²) in [6.07, 6.45) is 31.4. The van der Waals surface area contributed by atoms with E-state index in [2.05, 4.69) is 26.0 Å². The average Bonchev–Trinajstić information content (AvgIpc) is 3.84. The number of allylic oxidation sites excluding steroid dienone is 1. The highest BCUT2D eigenvalue weighted by atomic mass is 31.2. The van der Waals surface area contributed by atoms with Crippen molar-refractivity contribution < 1.29 is 46.8 Å². The van der Waals surface area contributed by atoms with Crippen molar-refractivity contribution in [3.8, 4) is 0 Å². The molecular weight excluding hydrogens is 681 g/mol. The van der Waals surface area contributed by atoms with Crippen molar-refractivity contribution in [2.75, 3.05) is 47.5 Å². The van der Waals surface area contributed by atoms with Crippen LogP contribution in [0.3, 0.4) is 0 Å². The van der Waals surface area contributed by atoms with Gasteiger partial charge in [-0.3, -0.25) is 18.6 Å². The highest BCUT2D eigenvalue weighted by Gasteiger charge is 2.36. The fourth-order valence-corrected chi connectivity index (χ4v) is 6.76. The highest BCUT2D eigenvalue weighted by molar-refractivity contribution is 7.47. The number of rotatable bonds is 37. The number of nitrogens with zero attached hydrogens (tertiary/aromatic N) is 1. The Hall–Kier alpha value is -1.29. The van der Waals surface area contributed by atoms with Gasteiger partial charge in [-0.15, -0.1) is 0 Å². The molecule has 0 radical (unpaired) electrons. The molecule has 1 rings (SSSR count). The number of epoxide rings is 1. The first-order valence-corrected chi connectivity index (χ1v) is 22.5. The summed E-state index contributed by atoms with van der Waals surface area (Å²) in [6, 6.07) is 0. The smallest absolute Gasteiger partial charge is 0.462 e. The van der Waals surface area contributed by atoms with Crippen molar-refractivity contribution in [2.45, 2.75) is 193 Å². The minimum atomic E-state index is -4.37. The lowest BCUT2D eigenvalue weighted by molar-refractivity contribution is -0.870. The van der Waals surface area contributed by atoms with E-state index in [4.69, 9.17) is 23.3 Å². The van der Waals surface area contributed by atoms with Crippen LogP contribution in [0.4, 0.5) is 0 Å². The molecule has 0 spiro atoms. The number of unbranched alkanes of at least 4 members (excludes halogenated alkanes) is 18. The van der Waals surface area contributed by atoms with Gasteiger partial charge in [0.25, 0.3) is 0 Å². The van der Waals surface area contributed by atoms with E-state index < -0.39 is 26.5 Å². The van der Waals surface area contributed by atoms with Gasteiger partial charge < -0.3 is 23.6 Å². The van der Waals surface area contributed by atoms with Gasteiger partial charge in [0.05, 0.1) is 40.0 Å². The zero-order valence-corrected chi connectivity index (χ0v) is 34.9. The summed E-state index contributed by atoms with van der Waals surface area (Å²) in [5.74, 6) is -0.815. The van der Waals surface area contributed by atoms with Crippen molar-refractivity contribution in [3.05, 3.63) is 12.2 Å². The molecule has 0 saturated carbocycles. The van der Waals surface area contributed by atoms with Crippen LogP contribution in [0, 0.1) is 0 Å². The molecule has 1 aliphatic rings. The predicted molar refractivity (Wildman–Crippen MR) is 210 cm³/mol. The van der Waals surface area contributed by atoms with E-state index in [-0.39, 0.29) is 32.0 Å². The van der Waals surface area contributed by atoms with Gasteiger partial charge in [-0.25, -0.2) is 4.57 Å². The molecule has 0 aromatic rings. The number of hydrogen-bond acceptors (Lipinski definition) is 8. The topological polar surface area (TPSA) is 121 Å². The molecule has 4 atom stereocenters. The molecule has 0 amide bonds. The molecule has 1 aliphatic heterocycles. The van der Waals surface area contributed by atoms with Crippen LogP contribution in [0.25, 0.3) is 0 Å². The van der Waals surface area contributed by atoms with Crippen LogP contribution in [-0.2, 0) is 37.4 Å². The zero-order valence-electron chi connectivity index (χ0n) is 34.0. The first-order valence-electron chi connectivity index (χ1n) is 21.0. The molecule has 1 fully saturated rings. The first kappa shape index (κ1) is 48.7. The third kappa shape index (κ3) is 31.1. The van der Waals surface area contributed by atoms with E-state index in [1.807, 2.05) is 21.1 Å². The van der Waals surface area contributed by atoms with Crippen LogP contribution in [0.15, 0.2) is 12.2 Å². The first-order chi connectivity index (χ1) is 25.0. The summed E-state index contributed by atoms with van der Waals surface area (Å²) in [4.78, 5) is 35.3. The minimum Gasteiger partial charge on any atom is -0.462 e. The fraction of sp³-hybridized carbons (Fsp3) is 0.902. The van der Waals surface area contributed by atoms with E-state index in [0.717, 1.165) is 57.8 Å². The van der Waals surface area contributed by atoms with Crippen molar-refractivity contribution in [1.29, 1.82) is 0 Å². The molecule has 10 nitrogen and oxygen atoms in total. The van der Waals surface area contributed by atoms with E-state index in [1.165, 1.54) is 83.5 Å². The molecule has 1 N–H and O–H groups in total. The quantitative estimate of drug-likeness (QED) is 0.0165. The van der Waals surface area contributed by atoms with E-state index in [9.17, 15) is 19.0 Å². The van der Waals surface area contributed by atoms with E-state index >= 15 is 0 Å². The lowest BCUT2D eigenvalue weighted by Gasteiger charge is -2.24. The summed E-state index contributed by atoms with van der Waals surface area (Å²) in [5.41, 5.74) is 0. The molecule has 0 aromatic carbocycles. The lowest BCUT2D eigenvalue weighted by atomic mass is 10.0. The number of phosphoric ester groups is 1. The second kappa shape index (κ2) is 31.0. The van der Waals surface area contributed by atoms with Crippen molar-refractivity contribution >= 4 is 19.8 Å². The molecule has 0 aliphatic carbocycles. The summed E-state index contributed by atoms with van der Waals surface area (Å²) in [6.45, 7) is 4.37. The molecule has 1 saturated heterocycles. The van der Waals surface area contributed by atoms with Crippen LogP contribution < -0.4 is 0 Å². The molecule has 0 bridgehead atoms. The van der Waals surface area contributed by atoms with Gasteiger partial charge in [-0.1, -0.05) is 135 Å². The molecule has 0 aromatic heterocycles. The van der Waals surface area contributed by atoms with E-state index in [0.29, 0.717) is 29.7 Å². The highest BCUT2D eigenvalue weighted by Crippen LogP contribution is 2.43. The number of phosphoric acid groups is 1. The predicted octanol–water partition coefficient (Wildman–Crippen LogP) is 10.4. The van der Waals surface area contributed by atoms with Crippen molar-refractivity contribution in [2.24, 2.45) is 0 Å². The number of esters is 2. The number of hydrogen-bond donors (Lipinski definition) is 1. The lowest BCUT2D eigenvalue weighted by Crippen LogP contribution is -2.37. The maximum Gasteiger partial charge on any atom is 0.472 e. The Balaban J connectivity index is 2.29. The van der Waals surface area contributed by atoms with Crippen molar-refractivity contribution in [3.63, 3.8) is 0 Å².